The van der Waals surface area contributed by atoms with Gasteiger partial charge in [0.05, 0.1) is 5.92 Å². The van der Waals surface area contributed by atoms with E-state index in [0.29, 0.717) is 23.6 Å². The minimum Gasteiger partial charge on any atom is -0.355 e. The van der Waals surface area contributed by atoms with E-state index in [9.17, 15) is 17.6 Å². The van der Waals surface area contributed by atoms with E-state index in [-0.39, 0.29) is 40.9 Å². The minimum absolute atomic E-state index is 0.00786. The van der Waals surface area contributed by atoms with Gasteiger partial charge in [0.2, 0.25) is 15.9 Å². The number of halogens is 2. The predicted molar refractivity (Wildman–Crippen MR) is 128 cm³/mol. The molecule has 178 valence electrons. The molecule has 34 heavy (non-hydrogen) atoms. The van der Waals surface area contributed by atoms with E-state index in [0.717, 1.165) is 0 Å². The molecule has 2 heterocycles. The van der Waals surface area contributed by atoms with Crippen molar-refractivity contribution in [2.45, 2.75) is 24.7 Å². The topological polar surface area (TPSA) is 92.5 Å². The third-order valence-electron chi connectivity index (χ3n) is 5.62. The van der Waals surface area contributed by atoms with Crippen LogP contribution in [0.25, 0.3) is 12.2 Å². The van der Waals surface area contributed by atoms with E-state index in [4.69, 9.17) is 16.1 Å². The van der Waals surface area contributed by atoms with Gasteiger partial charge in [-0.3, -0.25) is 4.79 Å². The molecule has 0 bridgehead atoms. The van der Waals surface area contributed by atoms with Gasteiger partial charge in [-0.05, 0) is 62.2 Å². The molecule has 1 atom stereocenters. The number of carbonyl (C=O) groups is 1. The van der Waals surface area contributed by atoms with Crippen LogP contribution in [0.5, 0.6) is 0 Å². The van der Waals surface area contributed by atoms with Crippen LogP contribution in [0, 0.1) is 18.7 Å². The van der Waals surface area contributed by atoms with Gasteiger partial charge in [0.1, 0.15) is 11.5 Å². The maximum absolute atomic E-state index is 13.9. The number of hydrogen-bond donors (Lipinski definition) is 1. The number of carbonyl (C=O) groups excluding carboxylic acids is 1. The molecule has 1 aliphatic heterocycles. The van der Waals surface area contributed by atoms with Gasteiger partial charge in [-0.2, -0.15) is 4.31 Å². The average molecular weight is 504 g/mol. The summed E-state index contributed by atoms with van der Waals surface area (Å²) in [4.78, 5) is 12.7. The Kier molecular flexibility index (Phi) is 7.16. The van der Waals surface area contributed by atoms with Crippen molar-refractivity contribution in [2.75, 3.05) is 18.4 Å². The van der Waals surface area contributed by atoms with Crippen LogP contribution in [-0.4, -0.2) is 36.9 Å². The summed E-state index contributed by atoms with van der Waals surface area (Å²) in [7, 11) is -4.00. The van der Waals surface area contributed by atoms with Crippen molar-refractivity contribution in [2.24, 2.45) is 5.92 Å². The summed E-state index contributed by atoms with van der Waals surface area (Å²) in [6.07, 6.45) is 3.92. The fraction of sp³-hybridized carbons (Fsp3) is 0.250. The van der Waals surface area contributed by atoms with Crippen molar-refractivity contribution in [3.05, 3.63) is 76.4 Å². The van der Waals surface area contributed by atoms with E-state index in [2.05, 4.69) is 10.5 Å². The largest absolute Gasteiger partial charge is 0.355 e. The zero-order valence-electron chi connectivity index (χ0n) is 18.4. The highest BCUT2D eigenvalue weighted by Crippen LogP contribution is 2.30. The van der Waals surface area contributed by atoms with Gasteiger partial charge in [-0.1, -0.05) is 35.0 Å². The lowest BCUT2D eigenvalue weighted by Gasteiger charge is -2.31. The van der Waals surface area contributed by atoms with Crippen LogP contribution >= 0.6 is 11.6 Å². The Morgan fingerprint density at radius 2 is 1.94 bits per heavy atom. The lowest BCUT2D eigenvalue weighted by atomic mass is 9.99. The molecule has 1 fully saturated rings. The molecular formula is C24H23ClFN3O4S. The Morgan fingerprint density at radius 3 is 2.68 bits per heavy atom. The summed E-state index contributed by atoms with van der Waals surface area (Å²) in [5, 5.41) is 7.18. The molecule has 0 radical (unpaired) electrons. The summed E-state index contributed by atoms with van der Waals surface area (Å²) in [6, 6.07) is 12.8. The summed E-state index contributed by atoms with van der Waals surface area (Å²) in [6.45, 7) is 1.84. The predicted octanol–water partition coefficient (Wildman–Crippen LogP) is 4.99. The molecule has 1 N–H and O–H groups in total. The number of piperidine rings is 1. The second-order valence-corrected chi connectivity index (χ2v) is 10.3. The first-order valence-corrected chi connectivity index (χ1v) is 12.5. The monoisotopic (exact) mass is 503 g/mol. The lowest BCUT2D eigenvalue weighted by molar-refractivity contribution is -0.120. The maximum Gasteiger partial charge on any atom is 0.248 e. The second-order valence-electron chi connectivity index (χ2n) is 8.01. The highest BCUT2D eigenvalue weighted by molar-refractivity contribution is 7.89. The number of anilines is 1. The Hall–Kier alpha value is -3.01. The summed E-state index contributed by atoms with van der Waals surface area (Å²) in [5.74, 6) is -1.21. The molecule has 0 saturated carbocycles. The van der Waals surface area contributed by atoms with Gasteiger partial charge in [0.15, 0.2) is 10.7 Å². The Balaban J connectivity index is 1.54. The number of amides is 1. The Labute approximate surface area is 202 Å². The number of nitrogens with zero attached hydrogens (tertiary/aromatic N) is 2. The third-order valence-corrected chi connectivity index (χ3v) is 7.89. The van der Waals surface area contributed by atoms with Crippen molar-refractivity contribution in [1.82, 2.24) is 9.46 Å². The molecule has 1 aromatic heterocycles. The quantitative estimate of drug-likeness (QED) is 0.512. The standard InChI is InChI=1S/C24H23ClFN3O4S/c1-16-23(22(33-28-16)13-8-17-5-2-3-7-21(17)26)34(31,32)29-14-4-6-18(15-29)24(30)27-20-11-9-19(25)10-12-20/h2-3,5,7-13,18H,4,6,14-15H2,1H3,(H,27,30)/b13-8+/t18-/m0/s1. The van der Waals surface area contributed by atoms with Crippen LogP contribution in [0.3, 0.4) is 0 Å². The van der Waals surface area contributed by atoms with Gasteiger partial charge in [-0.15, -0.1) is 0 Å². The number of benzene rings is 2. The average Bonchev–Trinajstić information content (AvgIpc) is 3.21. The van der Waals surface area contributed by atoms with E-state index in [1.54, 1.807) is 42.5 Å². The Bertz CT molecular complexity index is 1320. The minimum atomic E-state index is -4.00. The highest BCUT2D eigenvalue weighted by atomic mass is 35.5. The maximum atomic E-state index is 13.9. The van der Waals surface area contributed by atoms with Crippen molar-refractivity contribution in [1.29, 1.82) is 0 Å². The van der Waals surface area contributed by atoms with Gasteiger partial charge in [0.25, 0.3) is 0 Å². The number of rotatable bonds is 6. The van der Waals surface area contributed by atoms with Crippen molar-refractivity contribution < 1.29 is 22.1 Å². The van der Waals surface area contributed by atoms with Crippen molar-refractivity contribution >= 4 is 45.4 Å². The highest BCUT2D eigenvalue weighted by Gasteiger charge is 2.37. The fourth-order valence-corrected chi connectivity index (χ4v) is 5.76. The van der Waals surface area contributed by atoms with E-state index >= 15 is 0 Å². The summed E-state index contributed by atoms with van der Waals surface area (Å²) in [5.41, 5.74) is 1.07. The fourth-order valence-electron chi connectivity index (χ4n) is 3.86. The van der Waals surface area contributed by atoms with Crippen LogP contribution in [0.1, 0.15) is 29.9 Å². The molecule has 2 aromatic carbocycles. The van der Waals surface area contributed by atoms with Gasteiger partial charge >= 0.3 is 0 Å². The second kappa shape index (κ2) is 10.1. The third kappa shape index (κ3) is 5.22. The van der Waals surface area contributed by atoms with E-state index < -0.39 is 21.8 Å². The molecule has 0 spiro atoms. The van der Waals surface area contributed by atoms with Crippen molar-refractivity contribution in [3.63, 3.8) is 0 Å². The summed E-state index contributed by atoms with van der Waals surface area (Å²) >= 11 is 5.88. The SMILES string of the molecule is Cc1noc(/C=C/c2ccccc2F)c1S(=O)(=O)N1CCC[C@H](C(=O)Nc2ccc(Cl)cc2)C1. The van der Waals surface area contributed by atoms with Gasteiger partial charge in [-0.25, -0.2) is 12.8 Å². The number of nitrogens with one attached hydrogen (secondary N) is 1. The van der Waals surface area contributed by atoms with Crippen LogP contribution in [-0.2, 0) is 14.8 Å². The smallest absolute Gasteiger partial charge is 0.248 e. The molecule has 0 unspecified atom stereocenters. The molecule has 4 rings (SSSR count). The number of aryl methyl sites for hydroxylation is 1. The molecular weight excluding hydrogens is 481 g/mol. The molecule has 0 aliphatic carbocycles. The number of hydrogen-bond acceptors (Lipinski definition) is 5. The van der Waals surface area contributed by atoms with Crippen molar-refractivity contribution in [3.8, 4) is 0 Å². The summed E-state index contributed by atoms with van der Waals surface area (Å²) < 4.78 is 47.5. The Morgan fingerprint density at radius 1 is 1.21 bits per heavy atom. The molecule has 1 amide bonds. The molecule has 10 heteroatoms. The van der Waals surface area contributed by atoms with E-state index in [1.807, 2.05) is 0 Å². The first-order chi connectivity index (χ1) is 16.3. The zero-order chi connectivity index (χ0) is 24.3. The number of aromatic nitrogens is 1. The van der Waals surface area contributed by atoms with Gasteiger partial charge in [0, 0.05) is 29.4 Å². The molecule has 7 nitrogen and oxygen atoms in total. The lowest BCUT2D eigenvalue weighted by Crippen LogP contribution is -2.43. The van der Waals surface area contributed by atoms with Crippen LogP contribution in [0.2, 0.25) is 5.02 Å². The normalized spacial score (nSPS) is 17.2. The van der Waals surface area contributed by atoms with Crippen LogP contribution in [0.4, 0.5) is 10.1 Å². The molecule has 1 aliphatic rings. The molecule has 3 aromatic rings. The zero-order valence-corrected chi connectivity index (χ0v) is 19.9. The van der Waals surface area contributed by atoms with Crippen LogP contribution < -0.4 is 5.32 Å². The number of sulfonamides is 1. The van der Waals surface area contributed by atoms with Gasteiger partial charge < -0.3 is 9.84 Å². The first kappa shape index (κ1) is 24.1. The molecule has 1 saturated heterocycles. The first-order valence-electron chi connectivity index (χ1n) is 10.7. The van der Waals surface area contributed by atoms with E-state index in [1.165, 1.54) is 29.4 Å². The van der Waals surface area contributed by atoms with Crippen LogP contribution in [0.15, 0.2) is 57.9 Å².